The van der Waals surface area contributed by atoms with Crippen LogP contribution in [0.4, 0.5) is 0 Å². The summed E-state index contributed by atoms with van der Waals surface area (Å²) in [4.78, 5) is 10.8. The molecule has 0 saturated heterocycles. The van der Waals surface area contributed by atoms with Crippen LogP contribution >= 0.6 is 0 Å². The smallest absolute Gasteiger partial charge is 0.155 e. The molecule has 0 aromatic heterocycles. The highest BCUT2D eigenvalue weighted by molar-refractivity contribution is 5.89. The van der Waals surface area contributed by atoms with E-state index in [-0.39, 0.29) is 5.78 Å². The summed E-state index contributed by atoms with van der Waals surface area (Å²) in [5.41, 5.74) is 0. The lowest BCUT2D eigenvalue weighted by atomic mass is 10.1. The van der Waals surface area contributed by atoms with Gasteiger partial charge in [0, 0.05) is 6.42 Å². The predicted molar refractivity (Wildman–Crippen MR) is 44.0 cm³/mol. The fourth-order valence-electron chi connectivity index (χ4n) is 0.818. The van der Waals surface area contributed by atoms with Crippen LogP contribution in [-0.2, 0) is 4.79 Å². The van der Waals surface area contributed by atoms with Gasteiger partial charge in [-0.2, -0.15) is 0 Å². The highest BCUT2D eigenvalue weighted by Gasteiger charge is 1.93. The lowest BCUT2D eigenvalue weighted by Gasteiger charge is -1.92. The molecule has 58 valence electrons. The Morgan fingerprint density at radius 1 is 1.40 bits per heavy atom. The van der Waals surface area contributed by atoms with Gasteiger partial charge in [0.2, 0.25) is 0 Å². The number of hydrogen-bond donors (Lipinski definition) is 0. The minimum absolute atomic E-state index is 0.260. The molecule has 0 radical (unpaired) electrons. The molecule has 0 amide bonds. The van der Waals surface area contributed by atoms with Crippen molar-refractivity contribution >= 4 is 5.78 Å². The summed E-state index contributed by atoms with van der Waals surface area (Å²) >= 11 is 0. The van der Waals surface area contributed by atoms with E-state index in [9.17, 15) is 4.79 Å². The summed E-state index contributed by atoms with van der Waals surface area (Å²) < 4.78 is 0. The number of rotatable bonds is 5. The summed E-state index contributed by atoms with van der Waals surface area (Å²) in [6.45, 7) is 4.01. The molecule has 0 saturated carbocycles. The summed E-state index contributed by atoms with van der Waals surface area (Å²) in [6, 6.07) is 0. The van der Waals surface area contributed by atoms with Gasteiger partial charge >= 0.3 is 0 Å². The molecule has 0 aliphatic carbocycles. The van der Waals surface area contributed by atoms with Crippen molar-refractivity contribution in [3.63, 3.8) is 0 Å². The maximum absolute atomic E-state index is 10.8. The van der Waals surface area contributed by atoms with Crippen molar-refractivity contribution in [2.75, 3.05) is 0 Å². The van der Waals surface area contributed by atoms with Gasteiger partial charge in [-0.15, -0.1) is 0 Å². The molecule has 1 nitrogen and oxygen atoms in total. The Morgan fingerprint density at radius 3 is 2.60 bits per heavy atom. The van der Waals surface area contributed by atoms with Crippen molar-refractivity contribution in [2.45, 2.75) is 39.5 Å². The molecule has 0 bridgehead atoms. The van der Waals surface area contributed by atoms with Crippen molar-refractivity contribution < 1.29 is 4.79 Å². The molecule has 0 unspecified atom stereocenters. The predicted octanol–water partition coefficient (Wildman–Crippen LogP) is 2.71. The van der Waals surface area contributed by atoms with E-state index >= 15 is 0 Å². The quantitative estimate of drug-likeness (QED) is 0.424. The molecule has 0 rings (SSSR count). The number of hydrogen-bond acceptors (Lipinski definition) is 1. The molecule has 0 atom stereocenters. The minimum atomic E-state index is 0.260. The van der Waals surface area contributed by atoms with Crippen LogP contribution in [0.1, 0.15) is 39.5 Å². The summed E-state index contributed by atoms with van der Waals surface area (Å²) in [5, 5.41) is 0. The van der Waals surface area contributed by atoms with Gasteiger partial charge in [0.25, 0.3) is 0 Å². The molecule has 10 heavy (non-hydrogen) atoms. The second-order valence-electron chi connectivity index (χ2n) is 2.42. The lowest BCUT2D eigenvalue weighted by Crippen LogP contribution is -1.90. The van der Waals surface area contributed by atoms with Crippen molar-refractivity contribution in [3.8, 4) is 0 Å². The Kier molecular flexibility index (Phi) is 6.14. The minimum Gasteiger partial charge on any atom is -0.295 e. The van der Waals surface area contributed by atoms with Crippen LogP contribution in [0.3, 0.4) is 0 Å². The Hall–Kier alpha value is -0.590. The molecular weight excluding hydrogens is 124 g/mol. The SMILES string of the molecule is C/C=C/C(=O)CCCCC. The van der Waals surface area contributed by atoms with Crippen molar-refractivity contribution in [2.24, 2.45) is 0 Å². The largest absolute Gasteiger partial charge is 0.295 e. The first-order valence-corrected chi connectivity index (χ1v) is 3.96. The van der Waals surface area contributed by atoms with E-state index in [2.05, 4.69) is 6.92 Å². The third kappa shape index (κ3) is 5.54. The molecule has 0 aromatic rings. The van der Waals surface area contributed by atoms with Gasteiger partial charge in [0.15, 0.2) is 5.78 Å². The molecular formula is C9H16O. The number of carbonyl (C=O) groups is 1. The van der Waals surface area contributed by atoms with Gasteiger partial charge in [-0.1, -0.05) is 25.8 Å². The van der Waals surface area contributed by atoms with Crippen LogP contribution in [0.2, 0.25) is 0 Å². The number of allylic oxidation sites excluding steroid dienone is 2. The van der Waals surface area contributed by atoms with Gasteiger partial charge in [0.1, 0.15) is 0 Å². The van der Waals surface area contributed by atoms with E-state index in [1.165, 1.54) is 12.8 Å². The van der Waals surface area contributed by atoms with Crippen LogP contribution in [-0.4, -0.2) is 5.78 Å². The first kappa shape index (κ1) is 9.41. The van der Waals surface area contributed by atoms with Gasteiger partial charge in [-0.25, -0.2) is 0 Å². The van der Waals surface area contributed by atoms with Gasteiger partial charge < -0.3 is 0 Å². The second-order valence-corrected chi connectivity index (χ2v) is 2.42. The fourth-order valence-corrected chi connectivity index (χ4v) is 0.818. The van der Waals surface area contributed by atoms with E-state index < -0.39 is 0 Å². The van der Waals surface area contributed by atoms with Crippen LogP contribution < -0.4 is 0 Å². The number of unbranched alkanes of at least 4 members (excludes halogenated alkanes) is 2. The first-order chi connectivity index (χ1) is 4.81. The van der Waals surface area contributed by atoms with E-state index in [1.54, 1.807) is 12.2 Å². The highest BCUT2D eigenvalue weighted by atomic mass is 16.1. The zero-order valence-corrected chi connectivity index (χ0v) is 6.89. The molecule has 0 heterocycles. The summed E-state index contributed by atoms with van der Waals surface area (Å²) in [5.74, 6) is 0.260. The van der Waals surface area contributed by atoms with Gasteiger partial charge in [-0.3, -0.25) is 4.79 Å². The first-order valence-electron chi connectivity index (χ1n) is 3.96. The summed E-state index contributed by atoms with van der Waals surface area (Å²) in [7, 11) is 0. The molecule has 0 aliphatic rings. The normalized spacial score (nSPS) is 10.6. The monoisotopic (exact) mass is 140 g/mol. The van der Waals surface area contributed by atoms with Crippen LogP contribution in [0.5, 0.6) is 0 Å². The van der Waals surface area contributed by atoms with Crippen LogP contribution in [0.25, 0.3) is 0 Å². The van der Waals surface area contributed by atoms with E-state index in [4.69, 9.17) is 0 Å². The maximum atomic E-state index is 10.8. The zero-order chi connectivity index (χ0) is 7.82. The van der Waals surface area contributed by atoms with Crippen molar-refractivity contribution in [1.29, 1.82) is 0 Å². The van der Waals surface area contributed by atoms with Crippen LogP contribution in [0, 0.1) is 0 Å². The Morgan fingerprint density at radius 2 is 2.10 bits per heavy atom. The fraction of sp³-hybridized carbons (Fsp3) is 0.667. The van der Waals surface area contributed by atoms with Crippen LogP contribution in [0.15, 0.2) is 12.2 Å². The Labute approximate surface area is 63.1 Å². The average molecular weight is 140 g/mol. The van der Waals surface area contributed by atoms with E-state index in [0.29, 0.717) is 0 Å². The maximum Gasteiger partial charge on any atom is 0.155 e. The Balaban J connectivity index is 3.22. The van der Waals surface area contributed by atoms with E-state index in [0.717, 1.165) is 12.8 Å². The molecule has 0 fully saturated rings. The molecule has 0 aromatic carbocycles. The average Bonchev–Trinajstić information content (AvgIpc) is 1.89. The van der Waals surface area contributed by atoms with Gasteiger partial charge in [0.05, 0.1) is 0 Å². The molecule has 0 N–H and O–H groups in total. The zero-order valence-electron chi connectivity index (χ0n) is 6.89. The second kappa shape index (κ2) is 6.53. The van der Waals surface area contributed by atoms with Crippen molar-refractivity contribution in [3.05, 3.63) is 12.2 Å². The summed E-state index contributed by atoms with van der Waals surface area (Å²) in [6.07, 6.45) is 7.56. The molecule has 0 spiro atoms. The van der Waals surface area contributed by atoms with Crippen molar-refractivity contribution in [1.82, 2.24) is 0 Å². The Bertz CT molecular complexity index is 114. The standard InChI is InChI=1S/C9H16O/c1-3-5-6-8-9(10)7-4-2/h4,7H,3,5-6,8H2,1-2H3/b7-4+. The topological polar surface area (TPSA) is 17.1 Å². The third-order valence-electron chi connectivity index (χ3n) is 1.38. The molecule has 1 heteroatoms. The van der Waals surface area contributed by atoms with Gasteiger partial charge in [-0.05, 0) is 19.4 Å². The molecule has 0 aliphatic heterocycles. The number of carbonyl (C=O) groups excluding carboxylic acids is 1. The van der Waals surface area contributed by atoms with E-state index in [1.807, 2.05) is 6.92 Å². The third-order valence-corrected chi connectivity index (χ3v) is 1.38. The lowest BCUT2D eigenvalue weighted by molar-refractivity contribution is -0.114. The highest BCUT2D eigenvalue weighted by Crippen LogP contribution is 1.99. The number of ketones is 1.